The Morgan fingerprint density at radius 1 is 1.38 bits per heavy atom. The van der Waals surface area contributed by atoms with Gasteiger partial charge in [-0.3, -0.25) is 0 Å². The van der Waals surface area contributed by atoms with E-state index in [1.165, 1.54) is 24.8 Å². The van der Waals surface area contributed by atoms with Gasteiger partial charge in [-0.15, -0.1) is 0 Å². The highest BCUT2D eigenvalue weighted by Gasteiger charge is 2.40. The van der Waals surface area contributed by atoms with Gasteiger partial charge in [0.2, 0.25) is 0 Å². The summed E-state index contributed by atoms with van der Waals surface area (Å²) in [4.78, 5) is 0. The van der Waals surface area contributed by atoms with Crippen LogP contribution >= 0.6 is 0 Å². The van der Waals surface area contributed by atoms with Crippen LogP contribution in [0.1, 0.15) is 64.7 Å². The van der Waals surface area contributed by atoms with E-state index in [9.17, 15) is 5.11 Å². The maximum atomic E-state index is 10.7. The van der Waals surface area contributed by atoms with E-state index in [1.54, 1.807) is 0 Å². The van der Waals surface area contributed by atoms with Crippen molar-refractivity contribution in [1.82, 2.24) is 0 Å². The quantitative estimate of drug-likeness (QED) is 0.784. The first-order valence-electron chi connectivity index (χ1n) is 8.82. The van der Waals surface area contributed by atoms with Gasteiger partial charge in [-0.1, -0.05) is 19.4 Å². The molecule has 3 rings (SSSR count). The maximum Gasteiger partial charge on any atom is 0.158 e. The average molecular weight is 294 g/mol. The van der Waals surface area contributed by atoms with Crippen LogP contribution in [0.4, 0.5) is 0 Å². The minimum Gasteiger partial charge on any atom is -0.390 e. The third kappa shape index (κ3) is 4.08. The Labute approximate surface area is 128 Å². The molecule has 4 atom stereocenters. The molecule has 1 aliphatic heterocycles. The molecule has 21 heavy (non-hydrogen) atoms. The topological polar surface area (TPSA) is 38.7 Å². The fraction of sp³-hybridized carbons (Fsp3) is 0.889. The molecule has 2 bridgehead atoms. The zero-order valence-electron chi connectivity index (χ0n) is 13.4. The Bertz CT molecular complexity index is 373. The summed E-state index contributed by atoms with van der Waals surface area (Å²) in [5.74, 6) is 1.20. The molecule has 0 aromatic carbocycles. The largest absolute Gasteiger partial charge is 0.390 e. The summed E-state index contributed by atoms with van der Waals surface area (Å²) in [5.41, 5.74) is 1.03. The molecule has 2 fully saturated rings. The number of hydrogen-bond acceptors (Lipinski definition) is 3. The molecule has 1 saturated heterocycles. The molecule has 1 N–H and O–H groups in total. The molecule has 3 nitrogen and oxygen atoms in total. The van der Waals surface area contributed by atoms with Gasteiger partial charge in [0.25, 0.3) is 0 Å². The molecule has 1 saturated carbocycles. The lowest BCUT2D eigenvalue weighted by atomic mass is 9.66. The zero-order chi connectivity index (χ0) is 14.7. The van der Waals surface area contributed by atoms with Crippen LogP contribution in [-0.2, 0) is 9.47 Å². The predicted molar refractivity (Wildman–Crippen MR) is 82.9 cm³/mol. The van der Waals surface area contributed by atoms with Crippen molar-refractivity contribution in [1.29, 1.82) is 0 Å². The summed E-state index contributed by atoms with van der Waals surface area (Å²) in [6, 6.07) is 0. The molecule has 4 unspecified atom stereocenters. The molecular weight excluding hydrogens is 264 g/mol. The van der Waals surface area contributed by atoms with E-state index in [2.05, 4.69) is 13.0 Å². The molecule has 3 heteroatoms. The van der Waals surface area contributed by atoms with Gasteiger partial charge in [-0.05, 0) is 68.8 Å². The second-order valence-electron chi connectivity index (χ2n) is 7.38. The number of fused-ring (bicyclic) bond motifs is 2. The third-order valence-electron chi connectivity index (χ3n) is 5.28. The molecular formula is C18H30O3. The Morgan fingerprint density at radius 3 is 3.00 bits per heavy atom. The first kappa shape index (κ1) is 15.5. The van der Waals surface area contributed by atoms with Gasteiger partial charge in [0.15, 0.2) is 6.29 Å². The summed E-state index contributed by atoms with van der Waals surface area (Å²) >= 11 is 0. The summed E-state index contributed by atoms with van der Waals surface area (Å²) in [6.45, 7) is 3.74. The van der Waals surface area contributed by atoms with Crippen molar-refractivity contribution in [2.24, 2.45) is 11.8 Å². The second kappa shape index (κ2) is 6.80. The maximum absolute atomic E-state index is 10.7. The minimum atomic E-state index is -0.405. The van der Waals surface area contributed by atoms with Crippen molar-refractivity contribution in [3.63, 3.8) is 0 Å². The Balaban J connectivity index is 1.53. The van der Waals surface area contributed by atoms with Gasteiger partial charge in [0.05, 0.1) is 12.2 Å². The van der Waals surface area contributed by atoms with Gasteiger partial charge in [-0.2, -0.15) is 0 Å². The number of allylic oxidation sites excluding steroid dienone is 1. The van der Waals surface area contributed by atoms with E-state index < -0.39 is 5.60 Å². The van der Waals surface area contributed by atoms with E-state index in [4.69, 9.17) is 9.47 Å². The van der Waals surface area contributed by atoms with E-state index in [-0.39, 0.29) is 6.29 Å². The van der Waals surface area contributed by atoms with Crippen molar-refractivity contribution in [2.75, 3.05) is 13.2 Å². The molecule has 2 aliphatic carbocycles. The molecule has 0 spiro atoms. The zero-order valence-corrected chi connectivity index (χ0v) is 13.4. The molecule has 1 heterocycles. The van der Waals surface area contributed by atoms with Gasteiger partial charge < -0.3 is 14.6 Å². The number of rotatable bonds is 5. The van der Waals surface area contributed by atoms with Crippen molar-refractivity contribution in [3.8, 4) is 0 Å². The lowest BCUT2D eigenvalue weighted by molar-refractivity contribution is -0.157. The Kier molecular flexibility index (Phi) is 5.03. The van der Waals surface area contributed by atoms with Crippen molar-refractivity contribution >= 4 is 0 Å². The van der Waals surface area contributed by atoms with Crippen LogP contribution in [0.15, 0.2) is 11.6 Å². The number of hydrogen-bond donors (Lipinski definition) is 1. The number of aliphatic hydroxyl groups is 1. The smallest absolute Gasteiger partial charge is 0.158 e. The molecule has 0 aromatic rings. The third-order valence-corrected chi connectivity index (χ3v) is 5.28. The lowest BCUT2D eigenvalue weighted by Gasteiger charge is -2.43. The Hall–Kier alpha value is -0.380. The minimum absolute atomic E-state index is 0.0124. The van der Waals surface area contributed by atoms with E-state index in [0.29, 0.717) is 11.8 Å². The normalized spacial score (nSPS) is 39.9. The van der Waals surface area contributed by atoms with Crippen LogP contribution in [-0.4, -0.2) is 30.2 Å². The van der Waals surface area contributed by atoms with Gasteiger partial charge in [-0.25, -0.2) is 0 Å². The van der Waals surface area contributed by atoms with Crippen LogP contribution in [0.25, 0.3) is 0 Å². The summed E-state index contributed by atoms with van der Waals surface area (Å²) < 4.78 is 11.6. The van der Waals surface area contributed by atoms with Crippen LogP contribution in [0.5, 0.6) is 0 Å². The second-order valence-corrected chi connectivity index (χ2v) is 7.38. The molecule has 120 valence electrons. The Morgan fingerprint density at radius 2 is 2.29 bits per heavy atom. The van der Waals surface area contributed by atoms with Crippen LogP contribution in [0.3, 0.4) is 0 Å². The van der Waals surface area contributed by atoms with Crippen molar-refractivity contribution in [3.05, 3.63) is 11.6 Å². The highest BCUT2D eigenvalue weighted by atomic mass is 16.7. The molecule has 0 radical (unpaired) electrons. The summed E-state index contributed by atoms with van der Waals surface area (Å²) in [6.07, 6.45) is 12.2. The van der Waals surface area contributed by atoms with Crippen LogP contribution < -0.4 is 0 Å². The lowest BCUT2D eigenvalue weighted by Crippen LogP contribution is -2.40. The van der Waals surface area contributed by atoms with E-state index >= 15 is 0 Å². The highest BCUT2D eigenvalue weighted by molar-refractivity contribution is 5.14. The molecule has 0 amide bonds. The standard InChI is InChI=1S/C18H30O3/c1-2-6-18(19)11-14-8-15(12-18)10-16(9-14)13-21-17-5-3-4-7-20-17/h9,14-15,17,19H,2-8,10-13H2,1H3. The summed E-state index contributed by atoms with van der Waals surface area (Å²) in [5, 5.41) is 10.7. The molecule has 0 aromatic heterocycles. The van der Waals surface area contributed by atoms with E-state index in [1.807, 2.05) is 0 Å². The number of ether oxygens (including phenoxy) is 2. The van der Waals surface area contributed by atoms with Gasteiger partial charge >= 0.3 is 0 Å². The van der Waals surface area contributed by atoms with Crippen LogP contribution in [0.2, 0.25) is 0 Å². The molecule has 3 aliphatic rings. The first-order chi connectivity index (χ1) is 10.2. The van der Waals surface area contributed by atoms with Gasteiger partial charge in [0, 0.05) is 6.61 Å². The van der Waals surface area contributed by atoms with Gasteiger partial charge in [0.1, 0.15) is 0 Å². The fourth-order valence-corrected chi connectivity index (χ4v) is 4.58. The average Bonchev–Trinajstić information content (AvgIpc) is 2.45. The monoisotopic (exact) mass is 294 g/mol. The predicted octanol–water partition coefficient (Wildman–Crippen LogP) is 3.81. The fourth-order valence-electron chi connectivity index (χ4n) is 4.58. The highest BCUT2D eigenvalue weighted by Crippen LogP contribution is 2.45. The SMILES string of the molecule is CCCC1(O)CC2C=C(COC3CCCCO3)CC(C2)C1. The van der Waals surface area contributed by atoms with Crippen molar-refractivity contribution in [2.45, 2.75) is 76.6 Å². The first-order valence-corrected chi connectivity index (χ1v) is 8.82. The van der Waals surface area contributed by atoms with E-state index in [0.717, 1.165) is 51.7 Å². The van der Waals surface area contributed by atoms with Crippen molar-refractivity contribution < 1.29 is 14.6 Å². The van der Waals surface area contributed by atoms with Crippen LogP contribution in [0, 0.1) is 11.8 Å². The summed E-state index contributed by atoms with van der Waals surface area (Å²) in [7, 11) is 0.